The molecule has 0 atom stereocenters. The van der Waals surface area contributed by atoms with Gasteiger partial charge in [-0.05, 0) is 22.4 Å². The van der Waals surface area contributed by atoms with E-state index in [1.807, 2.05) is 6.20 Å². The third-order valence-corrected chi connectivity index (χ3v) is 3.93. The highest BCUT2D eigenvalue weighted by atomic mass is 32.1. The predicted octanol–water partition coefficient (Wildman–Crippen LogP) is 2.30. The van der Waals surface area contributed by atoms with Gasteiger partial charge in [0.25, 0.3) is 0 Å². The molecular formula is C10H13N3S2. The van der Waals surface area contributed by atoms with Gasteiger partial charge < -0.3 is 10.6 Å². The monoisotopic (exact) mass is 239 g/mol. The summed E-state index contributed by atoms with van der Waals surface area (Å²) in [5, 5.41) is 5.28. The molecule has 0 unspecified atom stereocenters. The third kappa shape index (κ3) is 2.56. The molecule has 0 aliphatic heterocycles. The van der Waals surface area contributed by atoms with Crippen LogP contribution in [0.1, 0.15) is 10.4 Å². The van der Waals surface area contributed by atoms with Crippen LogP contribution in [0.3, 0.4) is 0 Å². The van der Waals surface area contributed by atoms with Gasteiger partial charge in [0.2, 0.25) is 0 Å². The van der Waals surface area contributed by atoms with Gasteiger partial charge in [0.15, 0.2) is 5.13 Å². The molecule has 3 nitrogen and oxygen atoms in total. The molecule has 0 amide bonds. The van der Waals surface area contributed by atoms with Crippen LogP contribution in [0.5, 0.6) is 0 Å². The van der Waals surface area contributed by atoms with E-state index in [-0.39, 0.29) is 0 Å². The van der Waals surface area contributed by atoms with Crippen molar-refractivity contribution in [3.63, 3.8) is 0 Å². The summed E-state index contributed by atoms with van der Waals surface area (Å²) < 4.78 is 0. The van der Waals surface area contributed by atoms with E-state index in [0.29, 0.717) is 6.54 Å². The molecule has 0 saturated heterocycles. The van der Waals surface area contributed by atoms with Crippen molar-refractivity contribution in [1.82, 2.24) is 4.98 Å². The smallest absolute Gasteiger partial charge is 0.185 e. The van der Waals surface area contributed by atoms with Crippen molar-refractivity contribution in [3.05, 3.63) is 33.5 Å². The van der Waals surface area contributed by atoms with Crippen LogP contribution in [-0.4, -0.2) is 12.0 Å². The number of nitrogens with zero attached hydrogens (tertiary/aromatic N) is 2. The lowest BCUT2D eigenvalue weighted by molar-refractivity contribution is 0.918. The second-order valence-corrected chi connectivity index (χ2v) is 5.17. The summed E-state index contributed by atoms with van der Waals surface area (Å²) >= 11 is 3.38. The Kier molecular flexibility index (Phi) is 3.35. The van der Waals surface area contributed by atoms with E-state index in [9.17, 15) is 0 Å². The molecule has 2 rings (SSSR count). The van der Waals surface area contributed by atoms with Crippen molar-refractivity contribution < 1.29 is 0 Å². The van der Waals surface area contributed by atoms with Crippen LogP contribution >= 0.6 is 22.7 Å². The minimum absolute atomic E-state index is 0.573. The molecule has 5 heteroatoms. The van der Waals surface area contributed by atoms with Crippen molar-refractivity contribution in [3.8, 4) is 0 Å². The van der Waals surface area contributed by atoms with Gasteiger partial charge in [0.05, 0.1) is 0 Å². The fraction of sp³-hybridized carbons (Fsp3) is 0.300. The second-order valence-electron chi connectivity index (χ2n) is 3.30. The van der Waals surface area contributed by atoms with Gasteiger partial charge in [-0.2, -0.15) is 11.3 Å². The lowest BCUT2D eigenvalue weighted by Gasteiger charge is -2.14. The summed E-state index contributed by atoms with van der Waals surface area (Å²) in [7, 11) is 2.05. The number of hydrogen-bond acceptors (Lipinski definition) is 5. The van der Waals surface area contributed by atoms with Gasteiger partial charge in [-0.3, -0.25) is 0 Å². The molecule has 15 heavy (non-hydrogen) atoms. The molecule has 2 aromatic heterocycles. The van der Waals surface area contributed by atoms with Gasteiger partial charge in [-0.1, -0.05) is 0 Å². The molecule has 0 aliphatic carbocycles. The number of rotatable bonds is 4. The highest BCUT2D eigenvalue weighted by Crippen LogP contribution is 2.22. The molecule has 0 aliphatic rings. The molecule has 80 valence electrons. The van der Waals surface area contributed by atoms with Crippen LogP contribution in [0.4, 0.5) is 5.13 Å². The Balaban J connectivity index is 2.04. The average Bonchev–Trinajstić information content (AvgIpc) is 2.86. The van der Waals surface area contributed by atoms with Crippen LogP contribution < -0.4 is 10.6 Å². The summed E-state index contributed by atoms with van der Waals surface area (Å²) in [6, 6.07) is 2.14. The lowest BCUT2D eigenvalue weighted by atomic mass is 10.3. The van der Waals surface area contributed by atoms with Crippen molar-refractivity contribution in [2.75, 3.05) is 11.9 Å². The van der Waals surface area contributed by atoms with Crippen molar-refractivity contribution in [1.29, 1.82) is 0 Å². The minimum atomic E-state index is 0.573. The van der Waals surface area contributed by atoms with Gasteiger partial charge in [0.1, 0.15) is 0 Å². The molecule has 0 spiro atoms. The normalized spacial score (nSPS) is 10.5. The Morgan fingerprint density at radius 3 is 3.00 bits per heavy atom. The van der Waals surface area contributed by atoms with E-state index in [1.165, 1.54) is 5.56 Å². The number of aromatic nitrogens is 1. The number of anilines is 1. The van der Waals surface area contributed by atoms with Gasteiger partial charge in [-0.15, -0.1) is 11.3 Å². The topological polar surface area (TPSA) is 42.2 Å². The average molecular weight is 239 g/mol. The van der Waals surface area contributed by atoms with Crippen molar-refractivity contribution >= 4 is 27.8 Å². The number of hydrogen-bond donors (Lipinski definition) is 1. The van der Waals surface area contributed by atoms with E-state index >= 15 is 0 Å². The number of thiazole rings is 1. The SMILES string of the molecule is CN(Cc1ccsc1)c1ncc(CN)s1. The standard InChI is InChI=1S/C10H13N3S2/c1-13(6-8-2-3-14-7-8)10-12-5-9(4-11)15-10/h2-3,5,7H,4,6,11H2,1H3. The Bertz CT molecular complexity index is 408. The largest absolute Gasteiger partial charge is 0.347 e. The molecule has 0 fully saturated rings. The van der Waals surface area contributed by atoms with Crippen LogP contribution in [0.25, 0.3) is 0 Å². The number of thiophene rings is 1. The van der Waals surface area contributed by atoms with E-state index < -0.39 is 0 Å². The van der Waals surface area contributed by atoms with E-state index in [4.69, 9.17) is 5.73 Å². The van der Waals surface area contributed by atoms with E-state index in [2.05, 4.69) is 33.8 Å². The van der Waals surface area contributed by atoms with Crippen molar-refractivity contribution in [2.45, 2.75) is 13.1 Å². The van der Waals surface area contributed by atoms with Crippen LogP contribution in [0, 0.1) is 0 Å². The molecular weight excluding hydrogens is 226 g/mol. The van der Waals surface area contributed by atoms with Crippen molar-refractivity contribution in [2.24, 2.45) is 5.73 Å². The zero-order valence-electron chi connectivity index (χ0n) is 8.51. The summed E-state index contributed by atoms with van der Waals surface area (Å²) in [6.07, 6.45) is 1.85. The predicted molar refractivity (Wildman–Crippen MR) is 66.4 cm³/mol. The zero-order valence-corrected chi connectivity index (χ0v) is 10.1. The second kappa shape index (κ2) is 4.74. The fourth-order valence-corrected chi connectivity index (χ4v) is 2.70. The van der Waals surface area contributed by atoms with Crippen LogP contribution in [0.2, 0.25) is 0 Å². The maximum Gasteiger partial charge on any atom is 0.185 e. The highest BCUT2D eigenvalue weighted by molar-refractivity contribution is 7.15. The molecule has 2 aromatic rings. The van der Waals surface area contributed by atoms with E-state index in [1.54, 1.807) is 22.7 Å². The number of nitrogens with two attached hydrogens (primary N) is 1. The van der Waals surface area contributed by atoms with Gasteiger partial charge >= 0.3 is 0 Å². The first-order valence-electron chi connectivity index (χ1n) is 4.66. The Labute approximate surface area is 97.2 Å². The Morgan fingerprint density at radius 1 is 1.53 bits per heavy atom. The zero-order chi connectivity index (χ0) is 10.7. The molecule has 2 heterocycles. The molecule has 0 radical (unpaired) electrons. The first-order chi connectivity index (χ1) is 7.29. The summed E-state index contributed by atoms with van der Waals surface area (Å²) in [5.41, 5.74) is 6.88. The van der Waals surface area contributed by atoms with Crippen LogP contribution in [0.15, 0.2) is 23.0 Å². The molecule has 0 saturated carbocycles. The highest BCUT2D eigenvalue weighted by Gasteiger charge is 2.06. The maximum atomic E-state index is 5.55. The summed E-state index contributed by atoms with van der Waals surface area (Å²) in [4.78, 5) is 7.61. The summed E-state index contributed by atoms with van der Waals surface area (Å²) in [6.45, 7) is 1.48. The molecule has 0 aromatic carbocycles. The molecule has 2 N–H and O–H groups in total. The quantitative estimate of drug-likeness (QED) is 0.890. The Hall–Kier alpha value is -0.910. The fourth-order valence-electron chi connectivity index (χ4n) is 1.29. The maximum absolute atomic E-state index is 5.55. The van der Waals surface area contributed by atoms with E-state index in [0.717, 1.165) is 16.6 Å². The van der Waals surface area contributed by atoms with Gasteiger partial charge in [-0.25, -0.2) is 4.98 Å². The Morgan fingerprint density at radius 2 is 2.40 bits per heavy atom. The first kappa shape index (κ1) is 10.6. The first-order valence-corrected chi connectivity index (χ1v) is 6.42. The lowest BCUT2D eigenvalue weighted by Crippen LogP contribution is -2.15. The molecule has 0 bridgehead atoms. The van der Waals surface area contributed by atoms with Gasteiger partial charge in [0, 0.05) is 31.2 Å². The van der Waals surface area contributed by atoms with Crippen LogP contribution in [-0.2, 0) is 13.1 Å². The minimum Gasteiger partial charge on any atom is -0.347 e. The summed E-state index contributed by atoms with van der Waals surface area (Å²) in [5.74, 6) is 0. The third-order valence-electron chi connectivity index (χ3n) is 2.07.